The van der Waals surface area contributed by atoms with E-state index in [1.807, 2.05) is 73.9 Å². The molecule has 0 aromatic heterocycles. The molecule has 15 heteroatoms. The maximum Gasteiger partial charge on any atom is 0.475 e. The van der Waals surface area contributed by atoms with E-state index < -0.39 is 93.8 Å². The van der Waals surface area contributed by atoms with E-state index in [1.165, 1.54) is 12.1 Å². The summed E-state index contributed by atoms with van der Waals surface area (Å²) in [5.74, 6) is -25.5. The Bertz CT molecular complexity index is 2320. The number of nitrogens with one attached hydrogen (secondary N) is 1. The van der Waals surface area contributed by atoms with Crippen molar-refractivity contribution < 1.29 is 48.6 Å². The predicted molar refractivity (Wildman–Crippen MR) is 196 cm³/mol. The maximum absolute atomic E-state index is 15.8. The van der Waals surface area contributed by atoms with Crippen molar-refractivity contribution in [3.63, 3.8) is 0 Å². The van der Waals surface area contributed by atoms with Crippen LogP contribution >= 0.6 is 7.14 Å². The highest BCUT2D eigenvalue weighted by Crippen LogP contribution is 2.58. The lowest BCUT2D eigenvalue weighted by atomic mass is 9.35. The van der Waals surface area contributed by atoms with Crippen molar-refractivity contribution in [3.8, 4) is 11.5 Å². The molecule has 0 aliphatic carbocycles. The minimum Gasteiger partial charge on any atom is -0.456 e. The molecule has 2 radical (unpaired) electrons. The van der Waals surface area contributed by atoms with Gasteiger partial charge in [-0.3, -0.25) is 0 Å². The summed E-state index contributed by atoms with van der Waals surface area (Å²) < 4.78 is 158. The van der Waals surface area contributed by atoms with Crippen molar-refractivity contribution in [2.24, 2.45) is 0 Å². The summed E-state index contributed by atoms with van der Waals surface area (Å²) in [7, 11) is 0.741. The van der Waals surface area contributed by atoms with Crippen molar-refractivity contribution >= 4 is 53.3 Å². The molecule has 278 valence electrons. The van der Waals surface area contributed by atoms with E-state index in [1.54, 1.807) is 33.0 Å². The molecule has 1 aliphatic rings. The summed E-state index contributed by atoms with van der Waals surface area (Å²) in [6, 6.07) is 27.9. The lowest BCUT2D eigenvalue weighted by Gasteiger charge is -2.41. The van der Waals surface area contributed by atoms with Gasteiger partial charge in [0.25, 0.3) is 0 Å². The van der Waals surface area contributed by atoms with E-state index >= 15 is 17.6 Å². The Morgan fingerprint density at radius 3 is 1.35 bits per heavy atom. The first-order valence-electron chi connectivity index (χ1n) is 16.7. The summed E-state index contributed by atoms with van der Waals surface area (Å²) in [6.45, 7) is 0.680. The van der Waals surface area contributed by atoms with E-state index in [0.29, 0.717) is 10.9 Å². The Kier molecular flexibility index (Phi) is 9.88. The number of rotatable bonds is 8. The van der Waals surface area contributed by atoms with Crippen LogP contribution in [0.2, 0.25) is 0 Å². The summed E-state index contributed by atoms with van der Waals surface area (Å²) in [6.07, 6.45) is 0. The minimum atomic E-state index is -2.89. The number of benzene rings is 6. The fourth-order valence-corrected chi connectivity index (χ4v) is 11.2. The number of hydrogen-bond acceptors (Lipinski definition) is 2. The highest BCUT2D eigenvalue weighted by Gasteiger charge is 2.51. The van der Waals surface area contributed by atoms with Crippen LogP contribution in [0.3, 0.4) is 0 Å². The Morgan fingerprint density at radius 1 is 0.509 bits per heavy atom. The summed E-state index contributed by atoms with van der Waals surface area (Å²) in [4.78, 5) is 0. The van der Waals surface area contributed by atoms with Gasteiger partial charge in [0, 0.05) is 16.5 Å². The second kappa shape index (κ2) is 14.2. The first kappa shape index (κ1) is 38.2. The van der Waals surface area contributed by atoms with Gasteiger partial charge in [-0.2, -0.15) is 16.4 Å². The van der Waals surface area contributed by atoms with Crippen LogP contribution < -0.4 is 42.3 Å². The van der Waals surface area contributed by atoms with Gasteiger partial charge in [-0.25, -0.2) is 43.9 Å². The van der Waals surface area contributed by atoms with Gasteiger partial charge in [-0.15, -0.1) is 0 Å². The van der Waals surface area contributed by atoms with Crippen molar-refractivity contribution in [3.05, 3.63) is 166 Å². The highest BCUT2D eigenvalue weighted by molar-refractivity contribution is 8.16. The van der Waals surface area contributed by atoms with E-state index in [9.17, 15) is 26.3 Å². The quantitative estimate of drug-likeness (QED) is 0.0588. The molecular formula is C40H26B2F10NOP. The molecule has 6 aromatic carbocycles. The molecule has 1 N–H and O–H groups in total. The van der Waals surface area contributed by atoms with E-state index in [0.717, 1.165) is 16.7 Å². The molecule has 0 saturated heterocycles. The van der Waals surface area contributed by atoms with Crippen molar-refractivity contribution in [2.75, 3.05) is 7.05 Å². The van der Waals surface area contributed by atoms with Crippen molar-refractivity contribution in [1.82, 2.24) is 5.23 Å². The average Bonchev–Trinajstić information content (AvgIpc) is 3.20. The Morgan fingerprint density at radius 2 is 0.909 bits per heavy atom. The van der Waals surface area contributed by atoms with Gasteiger partial charge in [0.05, 0.1) is 23.5 Å². The fourth-order valence-electron chi connectivity index (χ4n) is 7.41. The molecule has 0 spiro atoms. The van der Waals surface area contributed by atoms with E-state index in [2.05, 4.69) is 5.23 Å². The fraction of sp³-hybridized carbons (Fsp3) is 0.100. The number of halogens is 10. The standard InChI is InChI=1S/C40H26B2F10NOP/c1-40(2)22-16-10-18-24(42(26-28(43)32(47)36(51)33(48)29(26)44)27-30(45)34(49)37(52)35(50)31(27)46)38(22)54-39-23(40)17-11-19-25(39)55(41-53-3,20-12-6-4-7-13-20)21-14-8-5-9-15-21/h4-19,53H,1-3H3. The molecule has 6 aromatic rings. The van der Waals surface area contributed by atoms with Crippen LogP contribution in [0.25, 0.3) is 0 Å². The second-order valence-electron chi connectivity index (χ2n) is 13.3. The first-order chi connectivity index (χ1) is 26.2. The van der Waals surface area contributed by atoms with Gasteiger partial charge in [-0.05, 0) is 44.1 Å². The molecule has 7 rings (SSSR count). The topological polar surface area (TPSA) is 21.3 Å². The Balaban J connectivity index is 1.59. The molecule has 0 atom stereocenters. The van der Waals surface area contributed by atoms with Crippen molar-refractivity contribution in [1.29, 1.82) is 0 Å². The third kappa shape index (κ3) is 5.75. The Hall–Kier alpha value is -5.06. The predicted octanol–water partition coefficient (Wildman–Crippen LogP) is 7.07. The Labute approximate surface area is 310 Å². The van der Waals surface area contributed by atoms with Crippen LogP contribution in [-0.2, 0) is 5.41 Å². The maximum atomic E-state index is 15.8. The summed E-state index contributed by atoms with van der Waals surface area (Å²) in [5, 5.41) is 5.47. The largest absolute Gasteiger partial charge is 0.475 e. The molecule has 1 heterocycles. The zero-order valence-electron chi connectivity index (χ0n) is 29.0. The molecule has 1 aliphatic heterocycles. The molecule has 55 heavy (non-hydrogen) atoms. The van der Waals surface area contributed by atoms with Gasteiger partial charge < -0.3 is 9.96 Å². The normalized spacial score (nSPS) is 13.3. The van der Waals surface area contributed by atoms with Crippen molar-refractivity contribution in [2.45, 2.75) is 19.3 Å². The third-order valence-corrected chi connectivity index (χ3v) is 14.0. The van der Waals surface area contributed by atoms with Gasteiger partial charge in [0.2, 0.25) is 0 Å². The van der Waals surface area contributed by atoms with Crippen LogP contribution in [0.1, 0.15) is 25.0 Å². The molecule has 0 saturated carbocycles. The molecule has 0 bridgehead atoms. The number of ether oxygens (including phenoxy) is 1. The van der Waals surface area contributed by atoms with Gasteiger partial charge in [0.1, 0.15) is 28.6 Å². The van der Waals surface area contributed by atoms with E-state index in [-0.39, 0.29) is 17.1 Å². The van der Waals surface area contributed by atoms with Crippen LogP contribution in [0, 0.1) is 58.2 Å². The lowest BCUT2D eigenvalue weighted by molar-refractivity contribution is 0.382. The molecule has 2 nitrogen and oxygen atoms in total. The van der Waals surface area contributed by atoms with Crippen LogP contribution in [-0.4, -0.2) is 20.9 Å². The van der Waals surface area contributed by atoms with Crippen LogP contribution in [0.4, 0.5) is 43.9 Å². The zero-order chi connectivity index (χ0) is 39.6. The van der Waals surface area contributed by atoms with Gasteiger partial charge in [0.15, 0.2) is 40.7 Å². The van der Waals surface area contributed by atoms with Gasteiger partial charge >= 0.3 is 7.13 Å². The minimum absolute atomic E-state index is 0.188. The van der Waals surface area contributed by atoms with Crippen LogP contribution in [0.15, 0.2) is 97.1 Å². The smallest absolute Gasteiger partial charge is 0.456 e. The highest BCUT2D eigenvalue weighted by atomic mass is 31.2. The molecule has 0 unspecified atom stereocenters. The monoisotopic (exact) mass is 779 g/mol. The SMILES string of the molecule is CN[B][P+](c1ccccc1)(c1ccccc1)c1cccc2c1Oc1c([B-](c3c(F)c(F)c(F)c(F)c3F)c3c(F)c(F)c(F)c(F)c3F)cccc1C2(C)C. The molecule has 0 amide bonds. The van der Waals surface area contributed by atoms with Gasteiger partial charge in [-0.1, -0.05) is 80.6 Å². The summed E-state index contributed by atoms with van der Waals surface area (Å²) >= 11 is 0. The average molecular weight is 779 g/mol. The summed E-state index contributed by atoms with van der Waals surface area (Å²) in [5.41, 5.74) is -4.67. The lowest BCUT2D eigenvalue weighted by Crippen LogP contribution is -2.59. The zero-order valence-corrected chi connectivity index (χ0v) is 29.9. The molecular weight excluding hydrogens is 753 g/mol. The number of fused-ring (bicyclic) bond motifs is 2. The second-order valence-corrected chi connectivity index (χ2v) is 16.5. The molecule has 0 fully saturated rings. The van der Waals surface area contributed by atoms with E-state index in [4.69, 9.17) is 4.74 Å². The van der Waals surface area contributed by atoms with Crippen LogP contribution in [0.5, 0.6) is 11.5 Å². The first-order valence-corrected chi connectivity index (χ1v) is 18.5. The number of hydrogen-bond donors (Lipinski definition) is 1. The third-order valence-electron chi connectivity index (χ3n) is 10.00. The number of para-hydroxylation sites is 2.